The van der Waals surface area contributed by atoms with Crippen LogP contribution in [0.5, 0.6) is 5.75 Å². The summed E-state index contributed by atoms with van der Waals surface area (Å²) in [6, 6.07) is 14.6. The molecule has 0 aliphatic rings. The van der Waals surface area contributed by atoms with Crippen molar-refractivity contribution in [1.82, 2.24) is 10.3 Å². The molecule has 0 aliphatic heterocycles. The Morgan fingerprint density at radius 1 is 1.00 bits per heavy atom. The molecule has 0 atom stereocenters. The number of nitrogens with one attached hydrogen (secondary N) is 2. The number of amides is 2. The van der Waals surface area contributed by atoms with Crippen molar-refractivity contribution >= 4 is 17.5 Å². The molecule has 0 bridgehead atoms. The van der Waals surface area contributed by atoms with Gasteiger partial charge in [0.2, 0.25) is 0 Å². The molecule has 1 heterocycles. The Balaban J connectivity index is 1.59. The van der Waals surface area contributed by atoms with E-state index in [0.29, 0.717) is 24.4 Å². The maximum atomic E-state index is 12.9. The molecule has 0 saturated carbocycles. The molecule has 0 aliphatic carbocycles. The van der Waals surface area contributed by atoms with Crippen LogP contribution in [0.3, 0.4) is 0 Å². The molecule has 0 saturated heterocycles. The van der Waals surface area contributed by atoms with Gasteiger partial charge in [-0.25, -0.2) is 4.39 Å². The zero-order chi connectivity index (χ0) is 20.6. The molecule has 2 amide bonds. The highest BCUT2D eigenvalue weighted by molar-refractivity contribution is 6.05. The quantitative estimate of drug-likeness (QED) is 0.644. The van der Waals surface area contributed by atoms with E-state index in [1.54, 1.807) is 43.5 Å². The molecule has 0 fully saturated rings. The third kappa shape index (κ3) is 5.62. The Kier molecular flexibility index (Phi) is 6.52. The summed E-state index contributed by atoms with van der Waals surface area (Å²) >= 11 is 0. The number of hydrogen-bond acceptors (Lipinski definition) is 4. The number of nitrogens with zero attached hydrogens (tertiary/aromatic N) is 1. The van der Waals surface area contributed by atoms with Gasteiger partial charge in [0.25, 0.3) is 11.8 Å². The van der Waals surface area contributed by atoms with Crippen LogP contribution < -0.4 is 15.4 Å². The van der Waals surface area contributed by atoms with E-state index in [2.05, 4.69) is 15.6 Å². The number of halogens is 1. The van der Waals surface area contributed by atoms with Crippen LogP contribution in [0, 0.1) is 5.82 Å². The summed E-state index contributed by atoms with van der Waals surface area (Å²) < 4.78 is 18.1. The molecule has 0 spiro atoms. The van der Waals surface area contributed by atoms with Gasteiger partial charge in [-0.3, -0.25) is 14.6 Å². The predicted molar refractivity (Wildman–Crippen MR) is 108 cm³/mol. The molecule has 6 nitrogen and oxygen atoms in total. The van der Waals surface area contributed by atoms with E-state index >= 15 is 0 Å². The predicted octanol–water partition coefficient (Wildman–Crippen LogP) is 3.45. The minimum Gasteiger partial charge on any atom is -0.497 e. The van der Waals surface area contributed by atoms with Gasteiger partial charge in [-0.2, -0.15) is 0 Å². The minimum absolute atomic E-state index is 0.263. The molecule has 1 aromatic heterocycles. The van der Waals surface area contributed by atoms with E-state index in [0.717, 1.165) is 5.56 Å². The molecule has 0 radical (unpaired) electrons. The summed E-state index contributed by atoms with van der Waals surface area (Å²) in [5, 5.41) is 5.52. The molecule has 2 aromatic carbocycles. The van der Waals surface area contributed by atoms with Gasteiger partial charge in [-0.05, 0) is 42.3 Å². The Morgan fingerprint density at radius 3 is 2.45 bits per heavy atom. The first-order valence-electron chi connectivity index (χ1n) is 8.98. The van der Waals surface area contributed by atoms with Crippen molar-refractivity contribution in [2.24, 2.45) is 0 Å². The lowest BCUT2D eigenvalue weighted by molar-refractivity contribution is 0.0953. The van der Waals surface area contributed by atoms with Crippen molar-refractivity contribution < 1.29 is 18.7 Å². The summed E-state index contributed by atoms with van der Waals surface area (Å²) in [6.45, 7) is 0.380. The number of carbonyl (C=O) groups excluding carboxylic acids is 2. The minimum atomic E-state index is -0.383. The molecular formula is C22H20FN3O3. The number of pyridine rings is 1. The number of aromatic nitrogens is 1. The third-order valence-corrected chi connectivity index (χ3v) is 4.20. The van der Waals surface area contributed by atoms with Crippen molar-refractivity contribution in [2.45, 2.75) is 6.42 Å². The average molecular weight is 393 g/mol. The maximum absolute atomic E-state index is 12.9. The zero-order valence-corrected chi connectivity index (χ0v) is 15.8. The lowest BCUT2D eigenvalue weighted by Gasteiger charge is -2.09. The molecule has 2 N–H and O–H groups in total. The third-order valence-electron chi connectivity index (χ3n) is 4.20. The second-order valence-electron chi connectivity index (χ2n) is 6.28. The Hall–Kier alpha value is -3.74. The van der Waals surface area contributed by atoms with Crippen LogP contribution in [0.25, 0.3) is 0 Å². The van der Waals surface area contributed by atoms with Gasteiger partial charge in [-0.1, -0.05) is 18.2 Å². The highest BCUT2D eigenvalue weighted by Crippen LogP contribution is 2.17. The first-order chi connectivity index (χ1) is 14.0. The fraction of sp³-hybridized carbons (Fsp3) is 0.136. The van der Waals surface area contributed by atoms with E-state index in [9.17, 15) is 14.0 Å². The summed E-state index contributed by atoms with van der Waals surface area (Å²) in [7, 11) is 1.54. The fourth-order valence-electron chi connectivity index (χ4n) is 2.67. The number of ether oxygens (including phenoxy) is 1. The molecular weight excluding hydrogens is 373 g/mol. The zero-order valence-electron chi connectivity index (χ0n) is 15.8. The first kappa shape index (κ1) is 20.0. The van der Waals surface area contributed by atoms with Crippen molar-refractivity contribution in [2.75, 3.05) is 19.0 Å². The average Bonchev–Trinajstić information content (AvgIpc) is 2.75. The SMILES string of the molecule is COc1cccc(NC(=O)c2cncc(C(=O)NCCc3ccc(F)cc3)c2)c1. The van der Waals surface area contributed by atoms with Crippen LogP contribution in [-0.2, 0) is 6.42 Å². The van der Waals surface area contributed by atoms with Crippen LogP contribution in [0.1, 0.15) is 26.3 Å². The summed E-state index contributed by atoms with van der Waals surface area (Å²) in [6.07, 6.45) is 3.36. The fourth-order valence-corrected chi connectivity index (χ4v) is 2.67. The highest BCUT2D eigenvalue weighted by Gasteiger charge is 2.12. The maximum Gasteiger partial charge on any atom is 0.257 e. The van der Waals surface area contributed by atoms with Crippen LogP contribution in [-0.4, -0.2) is 30.5 Å². The highest BCUT2D eigenvalue weighted by atomic mass is 19.1. The second-order valence-corrected chi connectivity index (χ2v) is 6.28. The van der Waals surface area contributed by atoms with E-state index in [1.807, 2.05) is 0 Å². The summed E-state index contributed by atoms with van der Waals surface area (Å²) in [5.74, 6) is -0.398. The van der Waals surface area contributed by atoms with Crippen molar-refractivity contribution in [3.8, 4) is 5.75 Å². The summed E-state index contributed by atoms with van der Waals surface area (Å²) in [5.41, 5.74) is 2.03. The molecule has 3 rings (SSSR count). The number of benzene rings is 2. The van der Waals surface area contributed by atoms with Gasteiger partial charge < -0.3 is 15.4 Å². The Bertz CT molecular complexity index is 1010. The smallest absolute Gasteiger partial charge is 0.257 e. The van der Waals surface area contributed by atoms with Crippen LogP contribution >= 0.6 is 0 Å². The van der Waals surface area contributed by atoms with Gasteiger partial charge in [0.15, 0.2) is 0 Å². The van der Waals surface area contributed by atoms with E-state index in [-0.39, 0.29) is 28.8 Å². The molecule has 0 unspecified atom stereocenters. The lowest BCUT2D eigenvalue weighted by atomic mass is 10.1. The monoisotopic (exact) mass is 393 g/mol. The van der Waals surface area contributed by atoms with Crippen LogP contribution in [0.2, 0.25) is 0 Å². The molecule has 29 heavy (non-hydrogen) atoms. The van der Waals surface area contributed by atoms with Crippen molar-refractivity contribution in [3.63, 3.8) is 0 Å². The van der Waals surface area contributed by atoms with Crippen molar-refractivity contribution in [1.29, 1.82) is 0 Å². The molecule has 148 valence electrons. The topological polar surface area (TPSA) is 80.3 Å². The normalized spacial score (nSPS) is 10.3. The largest absolute Gasteiger partial charge is 0.497 e. The van der Waals surface area contributed by atoms with Gasteiger partial charge in [-0.15, -0.1) is 0 Å². The molecule has 7 heteroatoms. The Morgan fingerprint density at radius 2 is 1.72 bits per heavy atom. The summed E-state index contributed by atoms with van der Waals surface area (Å²) in [4.78, 5) is 28.8. The number of rotatable bonds is 7. The van der Waals surface area contributed by atoms with Crippen LogP contribution in [0.15, 0.2) is 67.0 Å². The number of carbonyl (C=O) groups is 2. The number of anilines is 1. The van der Waals surface area contributed by atoms with Gasteiger partial charge >= 0.3 is 0 Å². The van der Waals surface area contributed by atoms with E-state index in [4.69, 9.17) is 4.74 Å². The first-order valence-corrected chi connectivity index (χ1v) is 8.98. The molecule has 3 aromatic rings. The van der Waals surface area contributed by atoms with Gasteiger partial charge in [0.05, 0.1) is 18.2 Å². The Labute approximate surface area is 167 Å². The van der Waals surface area contributed by atoms with E-state index in [1.165, 1.54) is 30.6 Å². The standard InChI is InChI=1S/C22H20FN3O3/c1-29-20-4-2-3-19(12-20)26-22(28)17-11-16(13-24-14-17)21(27)25-10-9-15-5-7-18(23)8-6-15/h2-8,11-14H,9-10H2,1H3,(H,25,27)(H,26,28). The second kappa shape index (κ2) is 9.45. The van der Waals surface area contributed by atoms with Gasteiger partial charge in [0.1, 0.15) is 11.6 Å². The van der Waals surface area contributed by atoms with E-state index < -0.39 is 0 Å². The lowest BCUT2D eigenvalue weighted by Crippen LogP contribution is -2.26. The number of methoxy groups -OCH3 is 1. The number of hydrogen-bond donors (Lipinski definition) is 2. The van der Waals surface area contributed by atoms with Crippen molar-refractivity contribution in [3.05, 3.63) is 89.5 Å². The van der Waals surface area contributed by atoms with Gasteiger partial charge in [0, 0.05) is 30.7 Å². The van der Waals surface area contributed by atoms with Crippen LogP contribution in [0.4, 0.5) is 10.1 Å².